The number of carbonyl (C=O) groups is 1. The number of methoxy groups -OCH3 is 1. The average Bonchev–Trinajstić information content (AvgIpc) is 3.04. The molecule has 3 aliphatic heterocycles. The number of anilines is 2. The molecule has 1 amide bonds. The van der Waals surface area contributed by atoms with Crippen LogP contribution in [-0.4, -0.2) is 89.3 Å². The van der Waals surface area contributed by atoms with Crippen molar-refractivity contribution in [3.05, 3.63) is 53.7 Å². The first-order valence-corrected chi connectivity index (χ1v) is 15.5. The Morgan fingerprint density at radius 3 is 2.55 bits per heavy atom. The van der Waals surface area contributed by atoms with Crippen molar-refractivity contribution in [1.82, 2.24) is 24.8 Å². The molecule has 0 radical (unpaired) electrons. The number of amides is 1. The maximum Gasteiger partial charge on any atom is 0.228 e. The smallest absolute Gasteiger partial charge is 0.228 e. The van der Waals surface area contributed by atoms with E-state index >= 15 is 0 Å². The van der Waals surface area contributed by atoms with E-state index in [9.17, 15) is 10.1 Å². The number of hydrogen-bond donors (Lipinski definition) is 1. The van der Waals surface area contributed by atoms with E-state index in [2.05, 4.69) is 27.3 Å². The van der Waals surface area contributed by atoms with E-state index in [-0.39, 0.29) is 12.0 Å². The van der Waals surface area contributed by atoms with E-state index in [1.165, 1.54) is 0 Å². The lowest BCUT2D eigenvalue weighted by Crippen LogP contribution is -2.51. The fourth-order valence-corrected chi connectivity index (χ4v) is 6.20. The molecule has 3 aromatic rings. The second-order valence-corrected chi connectivity index (χ2v) is 11.6. The number of pyridine rings is 1. The second-order valence-electron chi connectivity index (χ2n) is 11.6. The minimum atomic E-state index is -0.0326. The number of carbonyl (C=O) groups excluding carboxylic acids is 1. The molecule has 11 heteroatoms. The molecular formula is C33H39N7O4. The van der Waals surface area contributed by atoms with E-state index in [1.807, 2.05) is 36.1 Å². The maximum atomic E-state index is 12.0. The van der Waals surface area contributed by atoms with Gasteiger partial charge in [-0.15, -0.1) is 0 Å². The first-order chi connectivity index (χ1) is 21.5. The third-order valence-electron chi connectivity index (χ3n) is 8.87. The average molecular weight is 598 g/mol. The minimum absolute atomic E-state index is 0.0326. The van der Waals surface area contributed by atoms with Crippen LogP contribution in [0.25, 0.3) is 11.3 Å². The molecule has 3 fully saturated rings. The van der Waals surface area contributed by atoms with Crippen molar-refractivity contribution in [3.8, 4) is 29.0 Å². The number of piperidine rings is 2. The van der Waals surface area contributed by atoms with Crippen molar-refractivity contribution in [2.45, 2.75) is 57.1 Å². The van der Waals surface area contributed by atoms with Crippen molar-refractivity contribution in [1.29, 1.82) is 5.26 Å². The summed E-state index contributed by atoms with van der Waals surface area (Å²) in [6.45, 7) is 7.04. The Morgan fingerprint density at radius 1 is 1.07 bits per heavy atom. The van der Waals surface area contributed by atoms with E-state index in [4.69, 9.17) is 24.2 Å². The number of nitriles is 1. The second kappa shape index (κ2) is 13.6. The van der Waals surface area contributed by atoms with Gasteiger partial charge in [0.25, 0.3) is 0 Å². The normalized spacial score (nSPS) is 18.3. The van der Waals surface area contributed by atoms with Crippen molar-refractivity contribution in [2.24, 2.45) is 0 Å². The highest BCUT2D eigenvalue weighted by atomic mass is 16.5. The molecule has 0 spiro atoms. The van der Waals surface area contributed by atoms with Gasteiger partial charge in [-0.1, -0.05) is 6.92 Å². The molecule has 2 aromatic heterocycles. The van der Waals surface area contributed by atoms with Crippen LogP contribution in [0.2, 0.25) is 0 Å². The van der Waals surface area contributed by atoms with E-state index in [0.29, 0.717) is 66.1 Å². The van der Waals surface area contributed by atoms with Gasteiger partial charge in [-0.05, 0) is 68.2 Å². The fraction of sp³-hybridized carbons (Fsp3) is 0.485. The summed E-state index contributed by atoms with van der Waals surface area (Å²) in [5, 5.41) is 13.1. The third-order valence-corrected chi connectivity index (χ3v) is 8.87. The van der Waals surface area contributed by atoms with Gasteiger partial charge in [-0.25, -0.2) is 9.97 Å². The van der Waals surface area contributed by atoms with Gasteiger partial charge in [0.2, 0.25) is 17.7 Å². The van der Waals surface area contributed by atoms with Gasteiger partial charge in [0.05, 0.1) is 37.6 Å². The number of nitrogens with zero attached hydrogens (tertiary/aromatic N) is 6. The molecule has 1 aromatic carbocycles. The van der Waals surface area contributed by atoms with Crippen molar-refractivity contribution >= 4 is 17.7 Å². The Hall–Kier alpha value is -4.27. The number of hydrogen-bond acceptors (Lipinski definition) is 10. The zero-order valence-electron chi connectivity index (χ0n) is 25.4. The SMILES string of the molecule is CCC(=O)N1CCC(Oc2ccc(-c3ccnc(Nc4ccc(C5CCN(C6COC6)CC5)c(OC)n4)n3)cc2C#N)CC1. The lowest BCUT2D eigenvalue weighted by atomic mass is 9.89. The van der Waals surface area contributed by atoms with Crippen molar-refractivity contribution in [2.75, 3.05) is 51.8 Å². The number of benzene rings is 1. The number of ether oxygens (including phenoxy) is 3. The molecule has 0 bridgehead atoms. The lowest BCUT2D eigenvalue weighted by Gasteiger charge is -2.41. The summed E-state index contributed by atoms with van der Waals surface area (Å²) in [5.74, 6) is 2.73. The molecule has 230 valence electrons. The van der Waals surface area contributed by atoms with Gasteiger partial charge in [0.1, 0.15) is 23.7 Å². The molecule has 0 saturated carbocycles. The Morgan fingerprint density at radius 2 is 1.86 bits per heavy atom. The van der Waals surface area contributed by atoms with Crippen LogP contribution in [0.5, 0.6) is 11.6 Å². The summed E-state index contributed by atoms with van der Waals surface area (Å²) in [5.41, 5.74) is 3.02. The van der Waals surface area contributed by atoms with Gasteiger partial charge in [0.15, 0.2) is 0 Å². The molecule has 5 heterocycles. The highest BCUT2D eigenvalue weighted by molar-refractivity contribution is 5.75. The standard InChI is InChI=1S/C33H39N7O4/c1-3-31(41)40-16-11-26(12-17-40)44-29-6-4-23(18-24(29)19-34)28-8-13-35-33(36-28)38-30-7-5-27(32(37-30)42-2)22-9-14-39(15-10-22)25-20-43-21-25/h4-8,13,18,22,25-26H,3,9-12,14-17,20-21H2,1-2H3,(H,35,36,37,38). The fourth-order valence-electron chi connectivity index (χ4n) is 6.20. The highest BCUT2D eigenvalue weighted by Crippen LogP contribution is 2.35. The summed E-state index contributed by atoms with van der Waals surface area (Å²) in [6, 6.07) is 14.2. The van der Waals surface area contributed by atoms with Crippen LogP contribution in [0.15, 0.2) is 42.6 Å². The number of nitrogens with one attached hydrogen (secondary N) is 1. The molecule has 0 atom stereocenters. The maximum absolute atomic E-state index is 12.0. The molecule has 3 saturated heterocycles. The van der Waals surface area contributed by atoms with Gasteiger partial charge in [-0.2, -0.15) is 10.2 Å². The molecule has 6 rings (SSSR count). The van der Waals surface area contributed by atoms with Crippen LogP contribution in [-0.2, 0) is 9.53 Å². The van der Waals surface area contributed by atoms with Crippen LogP contribution in [0, 0.1) is 11.3 Å². The van der Waals surface area contributed by atoms with Gasteiger partial charge in [0, 0.05) is 49.7 Å². The summed E-state index contributed by atoms with van der Waals surface area (Å²) in [7, 11) is 1.66. The first kappa shape index (κ1) is 29.8. The Labute approximate surface area is 258 Å². The van der Waals surface area contributed by atoms with Gasteiger partial charge < -0.3 is 24.4 Å². The molecular weight excluding hydrogens is 558 g/mol. The largest absolute Gasteiger partial charge is 0.489 e. The highest BCUT2D eigenvalue weighted by Gasteiger charge is 2.31. The number of likely N-dealkylation sites (tertiary alicyclic amines) is 2. The quantitative estimate of drug-likeness (QED) is 0.376. The molecule has 11 nitrogen and oxygen atoms in total. The molecule has 1 N–H and O–H groups in total. The molecule has 0 unspecified atom stereocenters. The zero-order valence-corrected chi connectivity index (χ0v) is 25.4. The van der Waals surface area contributed by atoms with Crippen molar-refractivity contribution < 1.29 is 19.0 Å². The first-order valence-electron chi connectivity index (χ1n) is 15.5. The summed E-state index contributed by atoms with van der Waals surface area (Å²) in [6.07, 6.45) is 5.79. The molecule has 44 heavy (non-hydrogen) atoms. The molecule has 0 aliphatic carbocycles. The Balaban J connectivity index is 1.10. The summed E-state index contributed by atoms with van der Waals surface area (Å²) >= 11 is 0. The van der Waals surface area contributed by atoms with Crippen LogP contribution in [0.4, 0.5) is 11.8 Å². The topological polar surface area (TPSA) is 126 Å². The minimum Gasteiger partial charge on any atom is -0.489 e. The molecule has 3 aliphatic rings. The van der Waals surface area contributed by atoms with Crippen LogP contribution in [0.1, 0.15) is 56.1 Å². The third kappa shape index (κ3) is 6.61. The summed E-state index contributed by atoms with van der Waals surface area (Å²) in [4.78, 5) is 30.2. The van der Waals surface area contributed by atoms with Crippen molar-refractivity contribution in [3.63, 3.8) is 0 Å². The van der Waals surface area contributed by atoms with Gasteiger partial charge >= 0.3 is 0 Å². The monoisotopic (exact) mass is 597 g/mol. The van der Waals surface area contributed by atoms with Gasteiger partial charge in [-0.3, -0.25) is 9.69 Å². The summed E-state index contributed by atoms with van der Waals surface area (Å²) < 4.78 is 17.3. The van der Waals surface area contributed by atoms with E-state index in [0.717, 1.165) is 63.1 Å². The van der Waals surface area contributed by atoms with Crippen LogP contribution >= 0.6 is 0 Å². The Bertz CT molecular complexity index is 1510. The zero-order chi connectivity index (χ0) is 30.5. The van der Waals surface area contributed by atoms with Crippen LogP contribution in [0.3, 0.4) is 0 Å². The van der Waals surface area contributed by atoms with E-state index in [1.54, 1.807) is 19.4 Å². The number of rotatable bonds is 9. The predicted octanol–water partition coefficient (Wildman–Crippen LogP) is 4.52. The lowest BCUT2D eigenvalue weighted by molar-refractivity contribution is -0.132. The number of aromatic nitrogens is 3. The van der Waals surface area contributed by atoms with Crippen LogP contribution < -0.4 is 14.8 Å². The Kier molecular flexibility index (Phi) is 9.19. The van der Waals surface area contributed by atoms with E-state index < -0.39 is 0 Å². The predicted molar refractivity (Wildman–Crippen MR) is 165 cm³/mol.